The molecule has 0 unspecified atom stereocenters. The zero-order chi connectivity index (χ0) is 49.8. The van der Waals surface area contributed by atoms with Crippen LogP contribution in [0.2, 0.25) is 0 Å². The number of nitrogens with zero attached hydrogens (tertiary/aromatic N) is 2. The maximum atomic E-state index is 14.6. The van der Waals surface area contributed by atoms with Crippen LogP contribution in [-0.2, 0) is 52.3 Å². The summed E-state index contributed by atoms with van der Waals surface area (Å²) in [6.07, 6.45) is -4.71. The minimum atomic E-state index is -2.04. The molecule has 0 radical (unpaired) electrons. The van der Waals surface area contributed by atoms with E-state index >= 15 is 0 Å². The number of ether oxygens (including phenoxy) is 8. The van der Waals surface area contributed by atoms with Gasteiger partial charge in [0.2, 0.25) is 5.91 Å². The third-order valence-electron chi connectivity index (χ3n) is 14.4. The molecule has 17 nitrogen and oxygen atoms in total. The summed E-state index contributed by atoms with van der Waals surface area (Å²) in [5, 5.41) is 38.9. The highest BCUT2D eigenvalue weighted by Crippen LogP contribution is 2.41. The van der Waals surface area contributed by atoms with Gasteiger partial charge in [-0.2, -0.15) is 0 Å². The molecule has 2 aromatic rings. The Bertz CT molecular complexity index is 2020. The second-order valence-electron chi connectivity index (χ2n) is 19.9. The van der Waals surface area contributed by atoms with Crippen LogP contribution in [0, 0.1) is 17.8 Å². The molecule has 18 atom stereocenters. The molecule has 3 aliphatic heterocycles. The second-order valence-corrected chi connectivity index (χ2v) is 19.9. The summed E-state index contributed by atoms with van der Waals surface area (Å²) in [6.45, 7) is 17.1. The number of nitrogens with one attached hydrogen (secondary N) is 1. The minimum Gasteiger partial charge on any atom is -0.459 e. The molecule has 3 fully saturated rings. The molecule has 0 aliphatic carbocycles. The lowest BCUT2D eigenvalue weighted by atomic mass is 9.78. The number of cyclic esters (lactones) is 1. The Morgan fingerprint density at radius 2 is 1.60 bits per heavy atom. The van der Waals surface area contributed by atoms with E-state index in [0.29, 0.717) is 12.0 Å². The number of hydrogen-bond acceptors (Lipinski definition) is 16. The number of aliphatic hydroxyl groups is 3. The fraction of sp³-hybridized carbons (Fsp3) is 0.720. The van der Waals surface area contributed by atoms with Gasteiger partial charge in [0.1, 0.15) is 23.4 Å². The Morgan fingerprint density at radius 3 is 2.24 bits per heavy atom. The van der Waals surface area contributed by atoms with Gasteiger partial charge in [-0.15, -0.1) is 0 Å². The minimum absolute atomic E-state index is 0.0497. The van der Waals surface area contributed by atoms with Gasteiger partial charge in [0.05, 0.1) is 53.5 Å². The fourth-order valence-corrected chi connectivity index (χ4v) is 10.2. The number of hydrogen-bond donors (Lipinski definition) is 4. The molecule has 1 amide bonds. The lowest BCUT2D eigenvalue weighted by molar-refractivity contribution is -0.319. The lowest BCUT2D eigenvalue weighted by Crippen LogP contribution is -2.61. The Labute approximate surface area is 396 Å². The topological polar surface area (TPSA) is 214 Å². The number of benzene rings is 1. The molecule has 376 valence electrons. The highest BCUT2D eigenvalue weighted by Gasteiger charge is 2.54. The number of carbonyl (C=O) groups excluding carboxylic acids is 3. The third kappa shape index (κ3) is 12.4. The van der Waals surface area contributed by atoms with E-state index in [1.54, 1.807) is 46.9 Å². The highest BCUT2D eigenvalue weighted by atomic mass is 16.7. The van der Waals surface area contributed by atoms with Crippen LogP contribution >= 0.6 is 0 Å². The van der Waals surface area contributed by atoms with Gasteiger partial charge in [0.25, 0.3) is 0 Å². The van der Waals surface area contributed by atoms with Crippen molar-refractivity contribution >= 4 is 34.8 Å². The van der Waals surface area contributed by atoms with Crippen molar-refractivity contribution in [3.05, 3.63) is 48.2 Å². The number of aromatic nitrogens is 1. The molecule has 0 spiro atoms. The first-order valence-electron chi connectivity index (χ1n) is 23.6. The maximum Gasteiger partial charge on any atom is 0.331 e. The quantitative estimate of drug-likeness (QED) is 0.180. The number of carbonyl (C=O) groups is 3. The molecule has 4 heterocycles. The van der Waals surface area contributed by atoms with Crippen molar-refractivity contribution in [1.29, 1.82) is 0 Å². The van der Waals surface area contributed by atoms with E-state index in [4.69, 9.17) is 37.9 Å². The first kappa shape index (κ1) is 54.3. The molecule has 17 heteroatoms. The van der Waals surface area contributed by atoms with E-state index in [0.717, 1.165) is 10.9 Å². The summed E-state index contributed by atoms with van der Waals surface area (Å²) in [4.78, 5) is 48.0. The van der Waals surface area contributed by atoms with Gasteiger partial charge in [0, 0.05) is 56.3 Å². The summed E-state index contributed by atoms with van der Waals surface area (Å²) in [5.74, 6) is -4.90. The summed E-state index contributed by atoms with van der Waals surface area (Å²) in [6, 6.07) is 8.70. The molecule has 5 rings (SSSR count). The molecule has 3 aliphatic rings. The summed E-state index contributed by atoms with van der Waals surface area (Å²) >= 11 is 0. The average molecular weight is 944 g/mol. The molecule has 1 aromatic heterocycles. The summed E-state index contributed by atoms with van der Waals surface area (Å²) in [7, 11) is 6.78. The number of amides is 1. The monoisotopic (exact) mass is 944 g/mol. The largest absolute Gasteiger partial charge is 0.459 e. The molecular weight excluding hydrogens is 867 g/mol. The van der Waals surface area contributed by atoms with E-state index in [1.165, 1.54) is 34.1 Å². The van der Waals surface area contributed by atoms with E-state index < -0.39 is 114 Å². The van der Waals surface area contributed by atoms with E-state index in [1.807, 2.05) is 70.1 Å². The van der Waals surface area contributed by atoms with Crippen LogP contribution in [0.25, 0.3) is 17.0 Å². The SMILES string of the molecule is CC[C@H]1OC(=O)[C@H](C)[C@@H](O[C@H]2C[C@@](C)(OC)[C@@H](OC(=O)/C=C/c3cnc4ccccc4c3)[C@H](C)O2)[C@H](C)[C@@H](O[C@@H]2O[C@H](C)C[C@H](N(C)C)[C@H]2O)[C@](C)(OC)C[C@@H](C)NC(=O)[C@H](C)[C@@H](O)[C@]1(C)O. The van der Waals surface area contributed by atoms with Crippen molar-refractivity contribution in [2.24, 2.45) is 17.8 Å². The zero-order valence-corrected chi connectivity index (χ0v) is 41.8. The van der Waals surface area contributed by atoms with Crippen LogP contribution in [0.3, 0.4) is 0 Å². The van der Waals surface area contributed by atoms with Gasteiger partial charge < -0.3 is 63.4 Å². The molecule has 67 heavy (non-hydrogen) atoms. The van der Waals surface area contributed by atoms with Gasteiger partial charge >= 0.3 is 11.9 Å². The second kappa shape index (κ2) is 22.4. The van der Waals surface area contributed by atoms with Crippen molar-refractivity contribution in [2.45, 2.75) is 185 Å². The van der Waals surface area contributed by atoms with Crippen molar-refractivity contribution in [3.8, 4) is 0 Å². The Hall–Kier alpha value is -3.62. The summed E-state index contributed by atoms with van der Waals surface area (Å²) < 4.78 is 51.2. The number of fused-ring (bicyclic) bond motifs is 1. The molecular formula is C50H77N3O14. The zero-order valence-electron chi connectivity index (χ0n) is 41.8. The van der Waals surface area contributed by atoms with Gasteiger partial charge in [-0.05, 0) is 106 Å². The normalized spacial score (nSPS) is 40.8. The molecule has 1 aromatic carbocycles. The van der Waals surface area contributed by atoms with Crippen LogP contribution in [0.15, 0.2) is 42.6 Å². The number of methoxy groups -OCH3 is 2. The number of likely N-dealkylation sites (N-methyl/N-ethyl adjacent to an activating group) is 1. The number of para-hydroxylation sites is 1. The van der Waals surface area contributed by atoms with E-state index in [-0.39, 0.29) is 31.4 Å². The van der Waals surface area contributed by atoms with E-state index in [2.05, 4.69) is 10.3 Å². The molecule has 0 saturated carbocycles. The first-order valence-corrected chi connectivity index (χ1v) is 23.6. The Kier molecular flexibility index (Phi) is 18.2. The third-order valence-corrected chi connectivity index (χ3v) is 14.4. The van der Waals surface area contributed by atoms with Gasteiger partial charge in [-0.1, -0.05) is 39.0 Å². The number of pyridine rings is 1. The van der Waals surface area contributed by atoms with Crippen molar-refractivity contribution in [2.75, 3.05) is 28.3 Å². The van der Waals surface area contributed by atoms with Gasteiger partial charge in [-0.25, -0.2) is 4.79 Å². The van der Waals surface area contributed by atoms with Crippen molar-refractivity contribution < 1.29 is 67.6 Å². The Balaban J connectivity index is 1.52. The number of rotatable bonds is 11. The molecule has 3 saturated heterocycles. The maximum absolute atomic E-state index is 14.6. The summed E-state index contributed by atoms with van der Waals surface area (Å²) in [5.41, 5.74) is -2.90. The van der Waals surface area contributed by atoms with Crippen LogP contribution in [0.5, 0.6) is 0 Å². The van der Waals surface area contributed by atoms with E-state index in [9.17, 15) is 29.7 Å². The number of esters is 2. The number of aliphatic hydroxyl groups excluding tert-OH is 2. The van der Waals surface area contributed by atoms with Gasteiger partial charge in [0.15, 0.2) is 18.7 Å². The fourth-order valence-electron chi connectivity index (χ4n) is 10.2. The highest BCUT2D eigenvalue weighted by molar-refractivity contribution is 5.88. The molecule has 4 N–H and O–H groups in total. The van der Waals surface area contributed by atoms with Crippen molar-refractivity contribution in [1.82, 2.24) is 15.2 Å². The lowest BCUT2D eigenvalue weighted by Gasteiger charge is -2.49. The first-order chi connectivity index (χ1) is 31.4. The van der Waals surface area contributed by atoms with Gasteiger partial charge in [-0.3, -0.25) is 14.6 Å². The smallest absolute Gasteiger partial charge is 0.331 e. The van der Waals surface area contributed by atoms with Crippen LogP contribution in [0.1, 0.15) is 100 Å². The Morgan fingerprint density at radius 1 is 0.940 bits per heavy atom. The predicted molar refractivity (Wildman–Crippen MR) is 249 cm³/mol. The standard InChI is InChI=1S/C50H77N3O14/c1-15-37-50(10,59)42(56)31(6)45(57)52-27(2)24-48(8,60-13)43(67-47-40(55)36(53(11)12)22-28(3)62-47)29(4)41(30(5)46(58)64-37)66-39-25-49(9,61-14)44(32(7)63-39)65-38(54)21-20-33-23-34-18-16-17-19-35(34)51-26-33/h16-21,23,26-32,36-37,39-44,47,55-56,59H,15,22,24-25H2,1-14H3,(H,52,57)/b21-20+/t27-,28-,29+,30-,31-,32+,36+,37-,39+,40-,41+,42-,43-,44+,47+,48-,49-,50-/m1/s1. The van der Waals surface area contributed by atoms with Crippen LogP contribution < -0.4 is 5.32 Å². The van der Waals surface area contributed by atoms with Crippen LogP contribution in [0.4, 0.5) is 0 Å². The predicted octanol–water partition coefficient (Wildman–Crippen LogP) is 4.55. The molecule has 0 bridgehead atoms. The van der Waals surface area contributed by atoms with Crippen molar-refractivity contribution in [3.63, 3.8) is 0 Å². The average Bonchev–Trinajstić information content (AvgIpc) is 3.28. The van der Waals surface area contributed by atoms with Crippen LogP contribution in [-0.4, -0.2) is 162 Å².